The van der Waals surface area contributed by atoms with Gasteiger partial charge in [-0.25, -0.2) is 9.13 Å². The van der Waals surface area contributed by atoms with E-state index >= 15 is 0 Å². The number of hydrogen-bond acceptors (Lipinski definition) is 0. The van der Waals surface area contributed by atoms with Crippen LogP contribution in [0.3, 0.4) is 0 Å². The fourth-order valence-electron chi connectivity index (χ4n) is 4.00. The molecule has 0 fully saturated rings. The van der Waals surface area contributed by atoms with E-state index in [0.717, 1.165) is 0 Å². The van der Waals surface area contributed by atoms with Gasteiger partial charge < -0.3 is 0 Å². The van der Waals surface area contributed by atoms with Crippen LogP contribution in [-0.2, 0) is 7.05 Å². The summed E-state index contributed by atoms with van der Waals surface area (Å²) in [6, 6.07) is 0.627. The molecule has 0 saturated heterocycles. The summed E-state index contributed by atoms with van der Waals surface area (Å²) in [7, 11) is 2.17. The molecule has 1 rings (SSSR count). The van der Waals surface area contributed by atoms with Gasteiger partial charge in [-0.1, -0.05) is 91.4 Å². The van der Waals surface area contributed by atoms with Crippen molar-refractivity contribution in [3.63, 3.8) is 0 Å². The average molecular weight is 350 g/mol. The quantitative estimate of drug-likeness (QED) is 0.236. The summed E-state index contributed by atoms with van der Waals surface area (Å²) in [4.78, 5) is 0. The van der Waals surface area contributed by atoms with E-state index in [1.165, 1.54) is 89.3 Å². The minimum absolute atomic E-state index is 0.587. The zero-order valence-corrected chi connectivity index (χ0v) is 17.9. The molecule has 0 saturated carbocycles. The molecule has 0 aliphatic rings. The summed E-state index contributed by atoms with van der Waals surface area (Å²) < 4.78 is 4.77. The number of unbranched alkanes of at least 4 members (excludes halogenated alkanes) is 11. The second-order valence-corrected chi connectivity index (χ2v) is 8.36. The number of imidazole rings is 1. The van der Waals surface area contributed by atoms with Crippen molar-refractivity contribution in [2.24, 2.45) is 7.05 Å². The Hall–Kier alpha value is -0.790. The first-order valence-corrected chi connectivity index (χ1v) is 11.1. The smallest absolute Gasteiger partial charge is 0.237 e. The van der Waals surface area contributed by atoms with Gasteiger partial charge in [-0.05, 0) is 19.8 Å². The summed E-state index contributed by atoms with van der Waals surface area (Å²) in [5.41, 5.74) is 0. The van der Waals surface area contributed by atoms with Crippen LogP contribution in [0, 0.1) is 0 Å². The lowest BCUT2D eigenvalue weighted by Crippen LogP contribution is -2.33. The number of hydrogen-bond donors (Lipinski definition) is 0. The van der Waals surface area contributed by atoms with Crippen molar-refractivity contribution in [1.82, 2.24) is 4.57 Å². The maximum atomic E-state index is 2.49. The van der Waals surface area contributed by atoms with E-state index in [-0.39, 0.29) is 0 Å². The van der Waals surface area contributed by atoms with Gasteiger partial charge in [0, 0.05) is 0 Å². The van der Waals surface area contributed by atoms with Crippen molar-refractivity contribution >= 4 is 0 Å². The SMILES string of the molecule is CCCCCCCCCCCCCCC(C)n1cc[n+](C)c1C(C)C. The van der Waals surface area contributed by atoms with Crippen LogP contribution in [0.2, 0.25) is 0 Å². The Labute approximate surface area is 158 Å². The Morgan fingerprint density at radius 2 is 1.28 bits per heavy atom. The number of nitrogens with zero attached hydrogens (tertiary/aromatic N) is 2. The molecule has 2 heteroatoms. The molecule has 1 aromatic heterocycles. The lowest BCUT2D eigenvalue weighted by molar-refractivity contribution is -0.680. The summed E-state index contributed by atoms with van der Waals surface area (Å²) in [6.45, 7) is 9.26. The summed E-state index contributed by atoms with van der Waals surface area (Å²) in [5, 5.41) is 0. The van der Waals surface area contributed by atoms with Gasteiger partial charge in [-0.2, -0.15) is 0 Å². The second-order valence-electron chi connectivity index (χ2n) is 8.36. The number of aromatic nitrogens is 2. The molecular weight excluding hydrogens is 304 g/mol. The molecule has 146 valence electrons. The fraction of sp³-hybridized carbons (Fsp3) is 0.870. The monoisotopic (exact) mass is 349 g/mol. The number of aryl methyl sites for hydroxylation is 1. The highest BCUT2D eigenvalue weighted by molar-refractivity contribution is 4.92. The van der Waals surface area contributed by atoms with Gasteiger partial charge in [0.05, 0.1) is 19.0 Å². The minimum atomic E-state index is 0.587. The Kier molecular flexibility index (Phi) is 11.9. The van der Waals surface area contributed by atoms with Crippen LogP contribution < -0.4 is 4.57 Å². The van der Waals surface area contributed by atoms with Gasteiger partial charge >= 0.3 is 0 Å². The molecule has 0 aliphatic carbocycles. The van der Waals surface area contributed by atoms with E-state index < -0.39 is 0 Å². The highest BCUT2D eigenvalue weighted by Gasteiger charge is 2.22. The Bertz CT molecular complexity index is 433. The van der Waals surface area contributed by atoms with Crippen molar-refractivity contribution in [3.05, 3.63) is 18.2 Å². The molecule has 0 spiro atoms. The molecule has 0 radical (unpaired) electrons. The van der Waals surface area contributed by atoms with Gasteiger partial charge in [0.25, 0.3) is 5.82 Å². The molecule has 0 N–H and O–H groups in total. The summed E-state index contributed by atoms with van der Waals surface area (Å²) in [6.07, 6.45) is 23.0. The van der Waals surface area contributed by atoms with Gasteiger partial charge in [0.2, 0.25) is 0 Å². The average Bonchev–Trinajstić information content (AvgIpc) is 2.97. The molecule has 0 aliphatic heterocycles. The zero-order valence-electron chi connectivity index (χ0n) is 17.9. The van der Waals surface area contributed by atoms with Crippen molar-refractivity contribution in [3.8, 4) is 0 Å². The van der Waals surface area contributed by atoms with Gasteiger partial charge in [0.15, 0.2) is 0 Å². The molecule has 0 bridgehead atoms. The van der Waals surface area contributed by atoms with Gasteiger partial charge in [0.1, 0.15) is 12.4 Å². The van der Waals surface area contributed by atoms with E-state index in [0.29, 0.717) is 12.0 Å². The highest BCUT2D eigenvalue weighted by atomic mass is 15.2. The lowest BCUT2D eigenvalue weighted by atomic mass is 10.0. The van der Waals surface area contributed by atoms with Crippen LogP contribution >= 0.6 is 0 Å². The van der Waals surface area contributed by atoms with Crippen molar-refractivity contribution in [2.45, 2.75) is 123 Å². The molecule has 1 aromatic rings. The second kappa shape index (κ2) is 13.4. The van der Waals surface area contributed by atoms with E-state index in [4.69, 9.17) is 0 Å². The van der Waals surface area contributed by atoms with E-state index in [9.17, 15) is 0 Å². The van der Waals surface area contributed by atoms with E-state index in [2.05, 4.69) is 56.3 Å². The minimum Gasteiger partial charge on any atom is -0.237 e. The van der Waals surface area contributed by atoms with Crippen LogP contribution in [0.4, 0.5) is 0 Å². The van der Waals surface area contributed by atoms with Crippen LogP contribution in [0.15, 0.2) is 12.4 Å². The molecule has 0 amide bonds. The van der Waals surface area contributed by atoms with Crippen molar-refractivity contribution < 1.29 is 4.57 Å². The van der Waals surface area contributed by atoms with Crippen LogP contribution in [-0.4, -0.2) is 4.57 Å². The Balaban J connectivity index is 2.03. The Morgan fingerprint density at radius 1 is 0.800 bits per heavy atom. The van der Waals surface area contributed by atoms with Crippen LogP contribution in [0.1, 0.15) is 129 Å². The van der Waals surface area contributed by atoms with E-state index in [1.54, 1.807) is 0 Å². The predicted molar refractivity (Wildman–Crippen MR) is 110 cm³/mol. The largest absolute Gasteiger partial charge is 0.258 e. The molecular formula is C23H45N2+. The molecule has 0 aromatic carbocycles. The standard InChI is InChI=1S/C23H45N2/c1-6-7-8-9-10-11-12-13-14-15-16-17-18-22(4)25-20-19-24(5)23(25)21(2)3/h19-22H,6-18H2,1-5H3/q+1. The molecule has 1 heterocycles. The first-order chi connectivity index (χ1) is 12.1. The molecule has 2 nitrogen and oxygen atoms in total. The maximum absolute atomic E-state index is 2.49. The summed E-state index contributed by atoms with van der Waals surface area (Å²) in [5.74, 6) is 2.04. The van der Waals surface area contributed by atoms with Crippen LogP contribution in [0.5, 0.6) is 0 Å². The first-order valence-electron chi connectivity index (χ1n) is 11.1. The van der Waals surface area contributed by atoms with E-state index in [1.807, 2.05) is 0 Å². The topological polar surface area (TPSA) is 8.81 Å². The lowest BCUT2D eigenvalue weighted by Gasteiger charge is -2.13. The summed E-state index contributed by atoms with van der Waals surface area (Å²) >= 11 is 0. The normalized spacial score (nSPS) is 12.9. The number of rotatable bonds is 15. The van der Waals surface area contributed by atoms with Crippen LogP contribution in [0.25, 0.3) is 0 Å². The third-order valence-electron chi connectivity index (χ3n) is 5.54. The molecule has 25 heavy (non-hydrogen) atoms. The van der Waals surface area contributed by atoms with Gasteiger partial charge in [-0.15, -0.1) is 0 Å². The third kappa shape index (κ3) is 8.92. The van der Waals surface area contributed by atoms with Gasteiger partial charge in [-0.3, -0.25) is 0 Å². The highest BCUT2D eigenvalue weighted by Crippen LogP contribution is 2.21. The molecule has 1 atom stereocenters. The van der Waals surface area contributed by atoms with Crippen molar-refractivity contribution in [2.75, 3.05) is 0 Å². The predicted octanol–water partition coefficient (Wildman–Crippen LogP) is 7.09. The fourth-order valence-corrected chi connectivity index (χ4v) is 4.00. The maximum Gasteiger partial charge on any atom is 0.258 e. The Morgan fingerprint density at radius 3 is 1.76 bits per heavy atom. The third-order valence-corrected chi connectivity index (χ3v) is 5.54. The zero-order chi connectivity index (χ0) is 18.5. The first kappa shape index (κ1) is 22.3. The van der Waals surface area contributed by atoms with Crippen molar-refractivity contribution in [1.29, 1.82) is 0 Å². The molecule has 1 unspecified atom stereocenters.